The van der Waals surface area contributed by atoms with Gasteiger partial charge in [0.1, 0.15) is 5.75 Å². The minimum Gasteiger partial charge on any atom is -0.405 e. The predicted octanol–water partition coefficient (Wildman–Crippen LogP) is 2.97. The zero-order chi connectivity index (χ0) is 17.0. The average molecular weight is 331 g/mol. The van der Waals surface area contributed by atoms with Gasteiger partial charge in [0.05, 0.1) is 6.10 Å². The number of amides is 1. The molecule has 128 valence electrons. The number of hydrogen-bond acceptors (Lipinski definition) is 3. The summed E-state index contributed by atoms with van der Waals surface area (Å²) in [4.78, 5) is 12.0. The fourth-order valence-electron chi connectivity index (χ4n) is 2.53. The third-order valence-electron chi connectivity index (χ3n) is 3.92. The number of para-hydroxylation sites is 1. The van der Waals surface area contributed by atoms with Crippen LogP contribution in [0.4, 0.5) is 13.2 Å². The van der Waals surface area contributed by atoms with Crippen LogP contribution in [0.5, 0.6) is 5.75 Å². The van der Waals surface area contributed by atoms with Gasteiger partial charge in [-0.25, -0.2) is 0 Å². The summed E-state index contributed by atoms with van der Waals surface area (Å²) in [6.45, 7) is 2.21. The first-order valence-corrected chi connectivity index (χ1v) is 7.62. The minimum absolute atomic E-state index is 0.194. The largest absolute Gasteiger partial charge is 0.573 e. The summed E-state index contributed by atoms with van der Waals surface area (Å²) >= 11 is 0. The predicted molar refractivity (Wildman–Crippen MR) is 77.9 cm³/mol. The maximum absolute atomic E-state index is 12.4. The number of nitrogens with one attached hydrogen (secondary N) is 1. The lowest BCUT2D eigenvalue weighted by molar-refractivity contribution is -0.274. The molecule has 0 aliphatic heterocycles. The SMILES string of the molecule is CCC(O)CCNC(=O)C1CC1c1ccccc1OC(F)(F)F. The Morgan fingerprint density at radius 1 is 1.43 bits per heavy atom. The molecule has 0 heterocycles. The van der Waals surface area contributed by atoms with Gasteiger partial charge in [0.25, 0.3) is 0 Å². The molecule has 1 aliphatic carbocycles. The molecule has 2 rings (SSSR count). The number of carbonyl (C=O) groups is 1. The summed E-state index contributed by atoms with van der Waals surface area (Å²) in [7, 11) is 0. The summed E-state index contributed by atoms with van der Waals surface area (Å²) in [6.07, 6.45) is -3.62. The van der Waals surface area contributed by atoms with E-state index in [1.807, 2.05) is 6.92 Å². The lowest BCUT2D eigenvalue weighted by Crippen LogP contribution is -2.28. The molecule has 0 spiro atoms. The van der Waals surface area contributed by atoms with Crippen LogP contribution in [0.2, 0.25) is 0 Å². The second-order valence-corrected chi connectivity index (χ2v) is 5.68. The van der Waals surface area contributed by atoms with Crippen LogP contribution >= 0.6 is 0 Å². The molecule has 23 heavy (non-hydrogen) atoms. The molecule has 7 heteroatoms. The van der Waals surface area contributed by atoms with E-state index in [0.29, 0.717) is 31.4 Å². The summed E-state index contributed by atoms with van der Waals surface area (Å²) in [5.74, 6) is -1.04. The zero-order valence-corrected chi connectivity index (χ0v) is 12.8. The number of alkyl halides is 3. The minimum atomic E-state index is -4.75. The molecule has 0 aromatic heterocycles. The van der Waals surface area contributed by atoms with Gasteiger partial charge >= 0.3 is 6.36 Å². The van der Waals surface area contributed by atoms with Crippen LogP contribution < -0.4 is 10.1 Å². The highest BCUT2D eigenvalue weighted by atomic mass is 19.4. The first-order chi connectivity index (χ1) is 10.8. The number of rotatable bonds is 7. The Morgan fingerprint density at radius 3 is 2.78 bits per heavy atom. The average Bonchev–Trinajstić information content (AvgIpc) is 3.26. The van der Waals surface area contributed by atoms with Crippen molar-refractivity contribution in [2.75, 3.05) is 6.54 Å². The van der Waals surface area contributed by atoms with Gasteiger partial charge in [-0.15, -0.1) is 13.2 Å². The van der Waals surface area contributed by atoms with Crippen LogP contribution in [0.15, 0.2) is 24.3 Å². The maximum atomic E-state index is 12.4. The molecule has 3 atom stereocenters. The van der Waals surface area contributed by atoms with Crippen molar-refractivity contribution >= 4 is 5.91 Å². The van der Waals surface area contributed by atoms with Crippen molar-refractivity contribution in [2.45, 2.75) is 44.6 Å². The first kappa shape index (κ1) is 17.6. The van der Waals surface area contributed by atoms with Gasteiger partial charge in [0.2, 0.25) is 5.91 Å². The molecule has 0 radical (unpaired) electrons. The number of ether oxygens (including phenoxy) is 1. The smallest absolute Gasteiger partial charge is 0.405 e. The van der Waals surface area contributed by atoms with E-state index in [4.69, 9.17) is 0 Å². The normalized spacial score (nSPS) is 21.6. The summed E-state index contributed by atoms with van der Waals surface area (Å²) in [5, 5.41) is 12.1. The number of aliphatic hydroxyl groups is 1. The molecule has 0 saturated heterocycles. The summed E-state index contributed by atoms with van der Waals surface area (Å²) < 4.78 is 41.3. The summed E-state index contributed by atoms with van der Waals surface area (Å²) in [6, 6.07) is 5.91. The van der Waals surface area contributed by atoms with E-state index < -0.39 is 12.5 Å². The van der Waals surface area contributed by atoms with Gasteiger partial charge in [0, 0.05) is 12.5 Å². The number of halogens is 3. The highest BCUT2D eigenvalue weighted by Crippen LogP contribution is 2.50. The number of aliphatic hydroxyl groups excluding tert-OH is 1. The Hall–Kier alpha value is -1.76. The Kier molecular flexibility index (Phi) is 5.51. The van der Waals surface area contributed by atoms with Gasteiger partial charge < -0.3 is 15.2 Å². The molecule has 0 bridgehead atoms. The fourth-order valence-corrected chi connectivity index (χ4v) is 2.53. The first-order valence-electron chi connectivity index (χ1n) is 7.62. The molecule has 1 aromatic rings. The van der Waals surface area contributed by atoms with Gasteiger partial charge in [-0.1, -0.05) is 25.1 Å². The van der Waals surface area contributed by atoms with Crippen LogP contribution in [0.1, 0.15) is 37.7 Å². The van der Waals surface area contributed by atoms with E-state index in [1.54, 1.807) is 12.1 Å². The Balaban J connectivity index is 1.92. The van der Waals surface area contributed by atoms with Crippen LogP contribution in [0.3, 0.4) is 0 Å². The van der Waals surface area contributed by atoms with Crippen LogP contribution in [0, 0.1) is 5.92 Å². The quantitative estimate of drug-likeness (QED) is 0.808. The number of benzene rings is 1. The Bertz CT molecular complexity index is 548. The van der Waals surface area contributed by atoms with E-state index in [2.05, 4.69) is 10.1 Å². The molecule has 1 fully saturated rings. The number of hydrogen-bond donors (Lipinski definition) is 2. The van der Waals surface area contributed by atoms with Gasteiger partial charge in [-0.05, 0) is 36.8 Å². The molecular formula is C16H20F3NO3. The van der Waals surface area contributed by atoms with Crippen LogP contribution in [-0.2, 0) is 4.79 Å². The molecule has 3 unspecified atom stereocenters. The zero-order valence-electron chi connectivity index (χ0n) is 12.8. The molecule has 1 saturated carbocycles. The van der Waals surface area contributed by atoms with Crippen molar-refractivity contribution in [3.05, 3.63) is 29.8 Å². The highest BCUT2D eigenvalue weighted by molar-refractivity contribution is 5.83. The monoisotopic (exact) mass is 331 g/mol. The molecule has 1 aliphatic rings. The molecule has 1 amide bonds. The standard InChI is InChI=1S/C16H20F3NO3/c1-2-10(21)7-8-20-15(22)13-9-12(13)11-5-3-4-6-14(11)23-16(17,18)19/h3-6,10,12-13,21H,2,7-9H2,1H3,(H,20,22). The van der Waals surface area contributed by atoms with Crippen LogP contribution in [-0.4, -0.2) is 30.0 Å². The van der Waals surface area contributed by atoms with Crippen molar-refractivity contribution in [3.8, 4) is 5.75 Å². The Morgan fingerprint density at radius 2 is 2.13 bits per heavy atom. The molecule has 4 nitrogen and oxygen atoms in total. The third-order valence-corrected chi connectivity index (χ3v) is 3.92. The lowest BCUT2D eigenvalue weighted by Gasteiger charge is -2.13. The maximum Gasteiger partial charge on any atom is 0.573 e. The van der Waals surface area contributed by atoms with Gasteiger partial charge in [0.15, 0.2) is 0 Å². The summed E-state index contributed by atoms with van der Waals surface area (Å²) in [5.41, 5.74) is 0.401. The topological polar surface area (TPSA) is 58.6 Å². The Labute approximate surface area is 132 Å². The van der Waals surface area contributed by atoms with Crippen LogP contribution in [0.25, 0.3) is 0 Å². The van der Waals surface area contributed by atoms with Crippen molar-refractivity contribution in [2.24, 2.45) is 5.92 Å². The van der Waals surface area contributed by atoms with Gasteiger partial charge in [-0.2, -0.15) is 0 Å². The van der Waals surface area contributed by atoms with Crippen molar-refractivity contribution in [3.63, 3.8) is 0 Å². The molecule has 2 N–H and O–H groups in total. The van der Waals surface area contributed by atoms with E-state index in [1.165, 1.54) is 12.1 Å². The second kappa shape index (κ2) is 7.21. The molecular weight excluding hydrogens is 311 g/mol. The third kappa shape index (κ3) is 5.13. The van der Waals surface area contributed by atoms with E-state index in [9.17, 15) is 23.1 Å². The van der Waals surface area contributed by atoms with Crippen molar-refractivity contribution in [1.82, 2.24) is 5.32 Å². The lowest BCUT2D eigenvalue weighted by atomic mass is 10.1. The van der Waals surface area contributed by atoms with Crippen molar-refractivity contribution < 1.29 is 27.8 Å². The highest BCUT2D eigenvalue weighted by Gasteiger charge is 2.46. The van der Waals surface area contributed by atoms with E-state index in [-0.39, 0.29) is 23.5 Å². The van der Waals surface area contributed by atoms with E-state index in [0.717, 1.165) is 0 Å². The van der Waals surface area contributed by atoms with Gasteiger partial charge in [-0.3, -0.25) is 4.79 Å². The molecule has 1 aromatic carbocycles. The second-order valence-electron chi connectivity index (χ2n) is 5.68. The van der Waals surface area contributed by atoms with E-state index >= 15 is 0 Å². The van der Waals surface area contributed by atoms with Crippen molar-refractivity contribution in [1.29, 1.82) is 0 Å². The fraction of sp³-hybridized carbons (Fsp3) is 0.562. The number of carbonyl (C=O) groups excluding carboxylic acids is 1.